The molecular weight excluding hydrogens is 882 g/mol. The van der Waals surface area contributed by atoms with Crippen molar-refractivity contribution in [1.82, 2.24) is 0 Å². The van der Waals surface area contributed by atoms with Gasteiger partial charge in [0.05, 0.1) is 0 Å². The second-order valence-corrected chi connectivity index (χ2v) is 21.4. The van der Waals surface area contributed by atoms with Crippen LogP contribution in [0.4, 0.5) is 0 Å². The average Bonchev–Trinajstić information content (AvgIpc) is 3.74. The first-order valence-corrected chi connectivity index (χ1v) is 22.7. The summed E-state index contributed by atoms with van der Waals surface area (Å²) in [5, 5.41) is 7.05. The Hall–Kier alpha value is -1.86. The Bertz CT molecular complexity index is 1940. The summed E-state index contributed by atoms with van der Waals surface area (Å²) in [6.07, 6.45) is 7.90. The minimum atomic E-state index is 0. The topological polar surface area (TPSA) is 0 Å². The minimum Gasteiger partial charge on any atom is -1.00 e. The summed E-state index contributed by atoms with van der Waals surface area (Å²) in [7, 11) is 0. The summed E-state index contributed by atoms with van der Waals surface area (Å²) in [5.74, 6) is 1.22. The molecule has 0 radical (unpaired) electrons. The smallest absolute Gasteiger partial charge is 1.00 e. The van der Waals surface area contributed by atoms with E-state index >= 15 is 0 Å². The molecule has 1 aliphatic rings. The molecule has 0 aromatic heterocycles. The SMILES string of the molecule is CC(C)(C)c1cc2[cH-]c3cc(C(C)(C)C)c(C(C)(C)C)cc3c2cc1C(C)(C)C.CC(C)C1[C-]=CC(C(C)(C)C)=C1.Clc1c[c-]ccc1.Clc1c[c-]ccc1.[CH2]=[Zr+2].[Cl-].[Cl-]. The Balaban J connectivity index is 0.000000914. The van der Waals surface area contributed by atoms with Gasteiger partial charge >= 0.3 is 28.4 Å². The molecule has 0 heterocycles. The molecule has 0 aliphatic heterocycles. The van der Waals surface area contributed by atoms with Gasteiger partial charge in [-0.15, -0.1) is 39.7 Å². The quantitative estimate of drug-likeness (QED) is 0.147. The van der Waals surface area contributed by atoms with Crippen LogP contribution < -0.4 is 24.8 Å². The Morgan fingerprint density at radius 2 is 0.915 bits per heavy atom. The van der Waals surface area contributed by atoms with E-state index in [2.05, 4.69) is 183 Å². The summed E-state index contributed by atoms with van der Waals surface area (Å²) >= 11 is 12.3. The standard InChI is InChI=1S/C29H41.C12H19.2C6H4Cl.CH2.2ClH.Zr/c1-26(2,3)22-14-18-13-19-15-23(27(4,5)6)25(29(10,11)12)17-21(19)20(18)16-24(22)28(7,8)9;1-9(2)10-6-7-11(8-10)12(3,4)5;2*7-6-4-2-1-3-5-6;;;;/h13-17H,1-12H3;7-10H,1-5H3;2*1-2,4-5H;1H2;2*1H;/q4*-1;;;;+2/p-2. The fourth-order valence-corrected chi connectivity index (χ4v) is 6.93. The molecular formula is C54H70Cl4Zr-4. The third-order valence-electron chi connectivity index (χ3n) is 9.93. The van der Waals surface area contributed by atoms with Crippen molar-refractivity contribution in [2.45, 2.75) is 139 Å². The van der Waals surface area contributed by atoms with Crippen LogP contribution in [0.1, 0.15) is 140 Å². The van der Waals surface area contributed by atoms with Crippen LogP contribution in [0.5, 0.6) is 0 Å². The fraction of sp³-hybridized carbons (Fsp3) is 0.444. The average molecular weight is 952 g/mol. The van der Waals surface area contributed by atoms with Gasteiger partial charge in [0.25, 0.3) is 0 Å². The van der Waals surface area contributed by atoms with Crippen LogP contribution in [0, 0.1) is 35.5 Å². The zero-order valence-electron chi connectivity index (χ0n) is 39.0. The van der Waals surface area contributed by atoms with Gasteiger partial charge in [-0.05, 0) is 21.7 Å². The maximum absolute atomic E-state index is 5.51. The van der Waals surface area contributed by atoms with Crippen LogP contribution in [-0.2, 0) is 45.9 Å². The maximum Gasteiger partial charge on any atom is -1.00 e. The molecule has 6 rings (SSSR count). The monoisotopic (exact) mass is 948 g/mol. The van der Waals surface area contributed by atoms with E-state index in [1.54, 1.807) is 12.1 Å². The molecule has 0 amide bonds. The van der Waals surface area contributed by atoms with Crippen LogP contribution in [0.3, 0.4) is 0 Å². The molecule has 0 N–H and O–H groups in total. The summed E-state index contributed by atoms with van der Waals surface area (Å²) in [6, 6.07) is 32.4. The molecule has 1 aliphatic carbocycles. The molecule has 5 heteroatoms. The molecule has 322 valence electrons. The van der Waals surface area contributed by atoms with Crippen molar-refractivity contribution < 1.29 is 49.0 Å². The Morgan fingerprint density at radius 3 is 1.12 bits per heavy atom. The van der Waals surface area contributed by atoms with E-state index in [4.69, 9.17) is 23.2 Å². The van der Waals surface area contributed by atoms with Crippen molar-refractivity contribution in [3.8, 4) is 0 Å². The number of hydrogen-bond acceptors (Lipinski definition) is 0. The van der Waals surface area contributed by atoms with E-state index in [1.165, 1.54) is 73.6 Å². The van der Waals surface area contributed by atoms with Crippen molar-refractivity contribution >= 4 is 49.0 Å². The number of benzene rings is 4. The van der Waals surface area contributed by atoms with Crippen molar-refractivity contribution in [1.29, 1.82) is 0 Å². The zero-order valence-corrected chi connectivity index (χ0v) is 44.5. The first-order valence-electron chi connectivity index (χ1n) is 20.2. The number of allylic oxidation sites excluding steroid dienone is 4. The molecule has 59 heavy (non-hydrogen) atoms. The van der Waals surface area contributed by atoms with Gasteiger partial charge in [-0.2, -0.15) is 95.5 Å². The summed E-state index contributed by atoms with van der Waals surface area (Å²) in [5.41, 5.74) is 8.12. The number of hydrogen-bond donors (Lipinski definition) is 0. The van der Waals surface area contributed by atoms with Crippen molar-refractivity contribution in [2.24, 2.45) is 17.3 Å². The summed E-state index contributed by atoms with van der Waals surface area (Å²) < 4.78 is 3.34. The summed E-state index contributed by atoms with van der Waals surface area (Å²) in [6.45, 7) is 39.3. The van der Waals surface area contributed by atoms with E-state index in [1.807, 2.05) is 36.4 Å². The van der Waals surface area contributed by atoms with Gasteiger partial charge in [0.1, 0.15) is 0 Å². The van der Waals surface area contributed by atoms with Crippen molar-refractivity contribution in [2.75, 3.05) is 0 Å². The number of fused-ring (bicyclic) bond motifs is 3. The van der Waals surface area contributed by atoms with Crippen LogP contribution in [0.2, 0.25) is 10.0 Å². The van der Waals surface area contributed by atoms with E-state index in [0.717, 1.165) is 10.0 Å². The molecule has 5 aromatic rings. The van der Waals surface area contributed by atoms with Crippen LogP contribution in [0.25, 0.3) is 21.5 Å². The zero-order chi connectivity index (χ0) is 43.7. The van der Waals surface area contributed by atoms with Crippen LogP contribution >= 0.6 is 23.2 Å². The molecule has 0 saturated carbocycles. The Labute approximate surface area is 398 Å². The largest absolute Gasteiger partial charge is 1.00 e. The Kier molecular flexibility index (Phi) is 22.8. The molecule has 1 unspecified atom stereocenters. The second-order valence-electron chi connectivity index (χ2n) is 20.5. The molecule has 1 atom stereocenters. The molecule has 0 spiro atoms. The molecule has 0 fully saturated rings. The van der Waals surface area contributed by atoms with Crippen molar-refractivity contribution in [3.05, 3.63) is 147 Å². The predicted molar refractivity (Wildman–Crippen MR) is 253 cm³/mol. The predicted octanol–water partition coefficient (Wildman–Crippen LogP) is 10.8. The van der Waals surface area contributed by atoms with Gasteiger partial charge in [0, 0.05) is 0 Å². The number of halogens is 4. The summed E-state index contributed by atoms with van der Waals surface area (Å²) in [4.78, 5) is 0. The van der Waals surface area contributed by atoms with E-state index in [9.17, 15) is 0 Å². The van der Waals surface area contributed by atoms with E-state index in [0.29, 0.717) is 11.8 Å². The molecule has 5 aromatic carbocycles. The van der Waals surface area contributed by atoms with E-state index < -0.39 is 0 Å². The van der Waals surface area contributed by atoms with Gasteiger partial charge in [-0.3, -0.25) is 6.08 Å². The molecule has 0 nitrogen and oxygen atoms in total. The van der Waals surface area contributed by atoms with Gasteiger partial charge in [0.15, 0.2) is 0 Å². The third-order valence-corrected chi connectivity index (χ3v) is 10.4. The second kappa shape index (κ2) is 23.5. The Morgan fingerprint density at radius 1 is 0.576 bits per heavy atom. The molecule has 0 bridgehead atoms. The minimum absolute atomic E-state index is 0. The maximum atomic E-state index is 5.51. The normalized spacial score (nSPS) is 13.9. The third kappa shape index (κ3) is 17.4. The van der Waals surface area contributed by atoms with Gasteiger partial charge in [-0.25, -0.2) is 6.08 Å². The van der Waals surface area contributed by atoms with E-state index in [-0.39, 0.29) is 51.9 Å². The van der Waals surface area contributed by atoms with Crippen LogP contribution in [-0.4, -0.2) is 4.21 Å². The first-order chi connectivity index (χ1) is 26.1. The van der Waals surface area contributed by atoms with Gasteiger partial charge < -0.3 is 24.8 Å². The van der Waals surface area contributed by atoms with Crippen molar-refractivity contribution in [3.63, 3.8) is 0 Å². The molecule has 0 saturated heterocycles. The van der Waals surface area contributed by atoms with Gasteiger partial charge in [-0.1, -0.05) is 179 Å². The first kappa shape index (κ1) is 57.1. The van der Waals surface area contributed by atoms with Gasteiger partial charge in [0.2, 0.25) is 0 Å². The fourth-order valence-electron chi connectivity index (χ4n) is 6.66. The number of rotatable bonds is 1. The van der Waals surface area contributed by atoms with Crippen LogP contribution in [0.15, 0.2) is 96.6 Å².